The summed E-state index contributed by atoms with van der Waals surface area (Å²) in [6, 6.07) is 0. The molecule has 2 heterocycles. The number of ether oxygens (including phenoxy) is 1. The summed E-state index contributed by atoms with van der Waals surface area (Å²) in [5.41, 5.74) is 0.609. The second kappa shape index (κ2) is 3.85. The zero-order valence-corrected chi connectivity index (χ0v) is 7.39. The van der Waals surface area contributed by atoms with E-state index in [1.54, 1.807) is 10.9 Å². The molecule has 1 aliphatic rings. The van der Waals surface area contributed by atoms with Crippen molar-refractivity contribution in [3.8, 4) is 0 Å². The molecule has 1 aliphatic heterocycles. The van der Waals surface area contributed by atoms with Gasteiger partial charge in [0.1, 0.15) is 5.69 Å². The van der Waals surface area contributed by atoms with Gasteiger partial charge in [-0.2, -0.15) is 0 Å². The molecule has 0 bridgehead atoms. The summed E-state index contributed by atoms with van der Waals surface area (Å²) >= 11 is 0. The van der Waals surface area contributed by atoms with Crippen LogP contribution in [0.25, 0.3) is 0 Å². The third-order valence-electron chi connectivity index (χ3n) is 2.16. The highest BCUT2D eigenvalue weighted by atomic mass is 16.5. The van der Waals surface area contributed by atoms with Crippen molar-refractivity contribution in [2.24, 2.45) is 0 Å². The summed E-state index contributed by atoms with van der Waals surface area (Å²) in [5, 5.41) is 16.4. The molecule has 0 amide bonds. The van der Waals surface area contributed by atoms with E-state index >= 15 is 0 Å². The molecule has 1 saturated heterocycles. The van der Waals surface area contributed by atoms with Gasteiger partial charge in [-0.3, -0.25) is 0 Å². The van der Waals surface area contributed by atoms with Crippen LogP contribution in [0.15, 0.2) is 6.20 Å². The molecule has 0 spiro atoms. The van der Waals surface area contributed by atoms with Gasteiger partial charge in [0.15, 0.2) is 0 Å². The van der Waals surface area contributed by atoms with Gasteiger partial charge in [-0.25, -0.2) is 4.68 Å². The normalized spacial score (nSPS) is 22.4. The molecule has 1 atom stereocenters. The Morgan fingerprint density at radius 3 is 3.23 bits per heavy atom. The Hall–Kier alpha value is -0.940. The number of aromatic nitrogens is 3. The minimum Gasteiger partial charge on any atom is -0.390 e. The molecule has 1 N–H and O–H groups in total. The average molecular weight is 183 g/mol. The topological polar surface area (TPSA) is 60.2 Å². The Bertz CT molecular complexity index is 268. The first kappa shape index (κ1) is 8.65. The van der Waals surface area contributed by atoms with Crippen LogP contribution in [-0.4, -0.2) is 32.8 Å². The van der Waals surface area contributed by atoms with Crippen molar-refractivity contribution in [3.63, 3.8) is 0 Å². The van der Waals surface area contributed by atoms with Crippen LogP contribution in [-0.2, 0) is 17.9 Å². The number of rotatable bonds is 3. The van der Waals surface area contributed by atoms with Crippen LogP contribution in [0, 0.1) is 0 Å². The van der Waals surface area contributed by atoms with Crippen LogP contribution in [0.1, 0.15) is 18.5 Å². The minimum absolute atomic E-state index is 0.0501. The van der Waals surface area contributed by atoms with E-state index in [1.165, 1.54) is 0 Å². The molecule has 2 rings (SSSR count). The first-order valence-electron chi connectivity index (χ1n) is 4.50. The molecule has 0 aromatic carbocycles. The van der Waals surface area contributed by atoms with Gasteiger partial charge in [-0.05, 0) is 12.8 Å². The largest absolute Gasteiger partial charge is 0.390 e. The Kier molecular flexibility index (Phi) is 2.56. The van der Waals surface area contributed by atoms with Gasteiger partial charge in [0.2, 0.25) is 0 Å². The number of nitrogens with zero attached hydrogens (tertiary/aromatic N) is 3. The fraction of sp³-hybridized carbons (Fsp3) is 0.750. The molecule has 0 saturated carbocycles. The first-order valence-corrected chi connectivity index (χ1v) is 4.50. The third-order valence-corrected chi connectivity index (χ3v) is 2.16. The van der Waals surface area contributed by atoms with Gasteiger partial charge < -0.3 is 9.84 Å². The highest BCUT2D eigenvalue weighted by Crippen LogP contribution is 2.13. The molecular weight excluding hydrogens is 170 g/mol. The highest BCUT2D eigenvalue weighted by Gasteiger charge is 2.16. The maximum Gasteiger partial charge on any atom is 0.108 e. The molecule has 1 aromatic rings. The van der Waals surface area contributed by atoms with Crippen molar-refractivity contribution < 1.29 is 9.84 Å². The summed E-state index contributed by atoms with van der Waals surface area (Å²) in [5.74, 6) is 0. The molecule has 1 aromatic heterocycles. The molecule has 0 aliphatic carbocycles. The second-order valence-electron chi connectivity index (χ2n) is 3.23. The minimum atomic E-state index is -0.0501. The van der Waals surface area contributed by atoms with E-state index in [-0.39, 0.29) is 12.7 Å². The van der Waals surface area contributed by atoms with Crippen LogP contribution in [0.4, 0.5) is 0 Å². The van der Waals surface area contributed by atoms with Gasteiger partial charge >= 0.3 is 0 Å². The maximum absolute atomic E-state index is 8.76. The van der Waals surface area contributed by atoms with Gasteiger partial charge in [-0.1, -0.05) is 5.21 Å². The number of hydrogen-bond acceptors (Lipinski definition) is 4. The number of hydrogen-bond donors (Lipinski definition) is 1. The van der Waals surface area contributed by atoms with Crippen molar-refractivity contribution in [2.75, 3.05) is 6.61 Å². The zero-order chi connectivity index (χ0) is 9.10. The number of aliphatic hydroxyl groups is 1. The fourth-order valence-electron chi connectivity index (χ4n) is 1.50. The van der Waals surface area contributed by atoms with Gasteiger partial charge in [0.25, 0.3) is 0 Å². The van der Waals surface area contributed by atoms with Crippen molar-refractivity contribution in [3.05, 3.63) is 11.9 Å². The summed E-state index contributed by atoms with van der Waals surface area (Å²) in [4.78, 5) is 0. The summed E-state index contributed by atoms with van der Waals surface area (Å²) < 4.78 is 7.17. The maximum atomic E-state index is 8.76. The lowest BCUT2D eigenvalue weighted by Gasteiger charge is -2.07. The lowest BCUT2D eigenvalue weighted by atomic mass is 10.2. The molecule has 72 valence electrons. The molecule has 0 unspecified atom stereocenters. The predicted octanol–water partition coefficient (Wildman–Crippen LogP) is -0.0506. The van der Waals surface area contributed by atoms with Crippen LogP contribution in [0.5, 0.6) is 0 Å². The van der Waals surface area contributed by atoms with Gasteiger partial charge in [0, 0.05) is 6.61 Å². The lowest BCUT2D eigenvalue weighted by molar-refractivity contribution is 0.0935. The monoisotopic (exact) mass is 183 g/mol. The Morgan fingerprint density at radius 2 is 2.62 bits per heavy atom. The Labute approximate surface area is 76.3 Å². The molecule has 5 nitrogen and oxygen atoms in total. The molecular formula is C8H13N3O2. The standard InChI is InChI=1S/C8H13N3O2/c12-6-7-4-11(10-9-7)5-8-2-1-3-13-8/h4,8,12H,1-3,5-6H2/t8-/m0/s1. The van der Waals surface area contributed by atoms with Crippen LogP contribution in [0.2, 0.25) is 0 Å². The van der Waals surface area contributed by atoms with Gasteiger partial charge in [-0.15, -0.1) is 5.10 Å². The predicted molar refractivity (Wildman–Crippen MR) is 44.9 cm³/mol. The molecule has 5 heteroatoms. The Balaban J connectivity index is 1.92. The SMILES string of the molecule is OCc1cn(C[C@@H]2CCCO2)nn1. The molecule has 13 heavy (non-hydrogen) atoms. The number of aliphatic hydroxyl groups excluding tert-OH is 1. The van der Waals surface area contributed by atoms with Crippen molar-refractivity contribution in [2.45, 2.75) is 32.1 Å². The van der Waals surface area contributed by atoms with Crippen molar-refractivity contribution >= 4 is 0 Å². The molecule has 0 radical (unpaired) electrons. The quantitative estimate of drug-likeness (QED) is 0.713. The summed E-state index contributed by atoms with van der Waals surface area (Å²) in [6.07, 6.45) is 4.25. The van der Waals surface area contributed by atoms with Crippen LogP contribution < -0.4 is 0 Å². The van der Waals surface area contributed by atoms with E-state index in [2.05, 4.69) is 10.3 Å². The fourth-order valence-corrected chi connectivity index (χ4v) is 1.50. The van der Waals surface area contributed by atoms with Crippen LogP contribution >= 0.6 is 0 Å². The highest BCUT2D eigenvalue weighted by molar-refractivity contribution is 4.89. The van der Waals surface area contributed by atoms with E-state index < -0.39 is 0 Å². The van der Waals surface area contributed by atoms with E-state index in [9.17, 15) is 0 Å². The Morgan fingerprint density at radius 1 is 1.69 bits per heavy atom. The van der Waals surface area contributed by atoms with E-state index in [0.717, 1.165) is 26.0 Å². The smallest absolute Gasteiger partial charge is 0.108 e. The van der Waals surface area contributed by atoms with E-state index in [4.69, 9.17) is 9.84 Å². The van der Waals surface area contributed by atoms with Crippen LogP contribution in [0.3, 0.4) is 0 Å². The summed E-state index contributed by atoms with van der Waals surface area (Å²) in [7, 11) is 0. The van der Waals surface area contributed by atoms with Gasteiger partial charge in [0.05, 0.1) is 25.5 Å². The van der Waals surface area contributed by atoms with E-state index in [0.29, 0.717) is 5.69 Å². The zero-order valence-electron chi connectivity index (χ0n) is 7.39. The molecule has 1 fully saturated rings. The first-order chi connectivity index (χ1) is 6.38. The second-order valence-corrected chi connectivity index (χ2v) is 3.23. The third kappa shape index (κ3) is 2.05. The lowest BCUT2D eigenvalue weighted by Crippen LogP contribution is -2.15. The van der Waals surface area contributed by atoms with Crippen molar-refractivity contribution in [1.82, 2.24) is 15.0 Å². The van der Waals surface area contributed by atoms with Crippen molar-refractivity contribution in [1.29, 1.82) is 0 Å². The summed E-state index contributed by atoms with van der Waals surface area (Å²) in [6.45, 7) is 1.55. The van der Waals surface area contributed by atoms with E-state index in [1.807, 2.05) is 0 Å². The average Bonchev–Trinajstić information content (AvgIpc) is 2.76.